The van der Waals surface area contributed by atoms with Gasteiger partial charge in [-0.15, -0.1) is 0 Å². The number of amides is 3. The molecule has 2 N–H and O–H groups in total. The molecule has 0 aromatic heterocycles. The lowest BCUT2D eigenvalue weighted by molar-refractivity contribution is -0.134. The SMILES string of the molecule is BCC(=O)N(CCNC(C)=O)CC(=O)NCC1CCCCCCCC1. The predicted molar refractivity (Wildman–Crippen MR) is 102 cm³/mol. The second-order valence-electron chi connectivity index (χ2n) is 7.02. The van der Waals surface area contributed by atoms with Crippen LogP contribution in [0.1, 0.15) is 58.3 Å². The molecule has 0 spiro atoms. The van der Waals surface area contributed by atoms with Crippen LogP contribution in [0.2, 0.25) is 6.32 Å². The van der Waals surface area contributed by atoms with Crippen molar-refractivity contribution in [3.05, 3.63) is 0 Å². The lowest BCUT2D eigenvalue weighted by Gasteiger charge is -2.23. The third-order valence-electron chi connectivity index (χ3n) is 4.81. The Kier molecular flexibility index (Phi) is 11.0. The molecule has 1 rings (SSSR count). The zero-order valence-corrected chi connectivity index (χ0v) is 15.9. The van der Waals surface area contributed by atoms with Crippen LogP contribution >= 0.6 is 0 Å². The van der Waals surface area contributed by atoms with Gasteiger partial charge in [0.1, 0.15) is 7.85 Å². The van der Waals surface area contributed by atoms with Gasteiger partial charge in [-0.25, -0.2) is 0 Å². The lowest BCUT2D eigenvalue weighted by Crippen LogP contribution is -2.44. The fraction of sp³-hybridized carbons (Fsp3) is 0.833. The zero-order chi connectivity index (χ0) is 18.5. The van der Waals surface area contributed by atoms with E-state index >= 15 is 0 Å². The molecule has 0 saturated heterocycles. The maximum atomic E-state index is 12.2. The van der Waals surface area contributed by atoms with Gasteiger partial charge in [0.2, 0.25) is 17.7 Å². The number of carbonyl (C=O) groups excluding carboxylic acids is 3. The zero-order valence-electron chi connectivity index (χ0n) is 15.9. The van der Waals surface area contributed by atoms with Crippen molar-refractivity contribution in [1.29, 1.82) is 0 Å². The van der Waals surface area contributed by atoms with Gasteiger partial charge in [0.25, 0.3) is 0 Å². The monoisotopic (exact) mass is 351 g/mol. The fourth-order valence-electron chi connectivity index (χ4n) is 3.29. The molecule has 0 aliphatic heterocycles. The number of hydrogen-bond acceptors (Lipinski definition) is 3. The van der Waals surface area contributed by atoms with Gasteiger partial charge in [0, 0.05) is 26.6 Å². The molecule has 1 aliphatic rings. The van der Waals surface area contributed by atoms with Gasteiger partial charge in [-0.05, 0) is 25.1 Å². The van der Waals surface area contributed by atoms with E-state index in [9.17, 15) is 14.4 Å². The first-order valence-corrected chi connectivity index (χ1v) is 9.81. The largest absolute Gasteiger partial charge is 0.355 e. The van der Waals surface area contributed by atoms with Gasteiger partial charge < -0.3 is 15.5 Å². The standard InChI is InChI=1S/C18H34BN3O3/c1-15(23)20-10-11-22(18(25)12-19)14-17(24)21-13-16-8-6-4-2-3-5-7-9-16/h16H,2-14,19H2,1H3,(H,20,23)(H,21,24). The molecule has 6 nitrogen and oxygen atoms in total. The average molecular weight is 351 g/mol. The van der Waals surface area contributed by atoms with E-state index in [-0.39, 0.29) is 24.3 Å². The van der Waals surface area contributed by atoms with Crippen LogP contribution in [0.4, 0.5) is 0 Å². The molecule has 1 saturated carbocycles. The summed E-state index contributed by atoms with van der Waals surface area (Å²) in [6.45, 7) is 2.95. The van der Waals surface area contributed by atoms with E-state index in [0.717, 1.165) is 0 Å². The van der Waals surface area contributed by atoms with Crippen molar-refractivity contribution in [2.75, 3.05) is 26.2 Å². The van der Waals surface area contributed by atoms with Gasteiger partial charge >= 0.3 is 0 Å². The second kappa shape index (κ2) is 12.8. The topological polar surface area (TPSA) is 78.5 Å². The summed E-state index contributed by atoms with van der Waals surface area (Å²) >= 11 is 0. The van der Waals surface area contributed by atoms with Gasteiger partial charge in [-0.1, -0.05) is 38.5 Å². The van der Waals surface area contributed by atoms with Crippen LogP contribution in [0.5, 0.6) is 0 Å². The fourth-order valence-corrected chi connectivity index (χ4v) is 3.29. The van der Waals surface area contributed by atoms with Crippen molar-refractivity contribution >= 4 is 25.6 Å². The second-order valence-corrected chi connectivity index (χ2v) is 7.02. The summed E-state index contributed by atoms with van der Waals surface area (Å²) in [5.41, 5.74) is 0. The highest BCUT2D eigenvalue weighted by atomic mass is 16.2. The summed E-state index contributed by atoms with van der Waals surface area (Å²) < 4.78 is 0. The van der Waals surface area contributed by atoms with E-state index in [4.69, 9.17) is 0 Å². The summed E-state index contributed by atoms with van der Waals surface area (Å²) in [6.07, 6.45) is 10.5. The van der Waals surface area contributed by atoms with E-state index in [1.807, 2.05) is 0 Å². The van der Waals surface area contributed by atoms with E-state index < -0.39 is 0 Å². The third-order valence-corrected chi connectivity index (χ3v) is 4.81. The van der Waals surface area contributed by atoms with Crippen molar-refractivity contribution in [2.24, 2.45) is 5.92 Å². The first-order chi connectivity index (χ1) is 12.0. The highest BCUT2D eigenvalue weighted by Crippen LogP contribution is 2.21. The first-order valence-electron chi connectivity index (χ1n) is 9.81. The molecule has 0 aromatic rings. The Morgan fingerprint density at radius 3 is 2.16 bits per heavy atom. The van der Waals surface area contributed by atoms with Crippen LogP contribution in [-0.4, -0.2) is 56.6 Å². The Bertz CT molecular complexity index is 422. The number of carbonyl (C=O) groups is 3. The molecule has 7 heteroatoms. The minimum atomic E-state index is -0.131. The number of rotatable bonds is 8. The van der Waals surface area contributed by atoms with E-state index in [1.54, 1.807) is 7.85 Å². The molecule has 0 aromatic carbocycles. The summed E-state index contributed by atoms with van der Waals surface area (Å²) in [5.74, 6) is 0.248. The van der Waals surface area contributed by atoms with E-state index in [2.05, 4.69) is 10.6 Å². The van der Waals surface area contributed by atoms with Crippen LogP contribution in [-0.2, 0) is 14.4 Å². The van der Waals surface area contributed by atoms with E-state index in [1.165, 1.54) is 63.2 Å². The summed E-state index contributed by atoms with van der Waals surface area (Å²) in [4.78, 5) is 36.7. The Labute approximate surface area is 152 Å². The van der Waals surface area contributed by atoms with Crippen LogP contribution in [0, 0.1) is 5.92 Å². The molecular formula is C18H34BN3O3. The minimum absolute atomic E-state index is 0.0667. The molecule has 3 amide bonds. The van der Waals surface area contributed by atoms with Gasteiger partial charge in [0.15, 0.2) is 0 Å². The molecular weight excluding hydrogens is 317 g/mol. The molecule has 1 fully saturated rings. The molecule has 142 valence electrons. The first kappa shape index (κ1) is 21.5. The Balaban J connectivity index is 2.38. The Hall–Kier alpha value is -1.53. The van der Waals surface area contributed by atoms with Crippen LogP contribution in [0.15, 0.2) is 0 Å². The normalized spacial score (nSPS) is 16.2. The summed E-state index contributed by atoms with van der Waals surface area (Å²) in [5, 5.41) is 5.68. The summed E-state index contributed by atoms with van der Waals surface area (Å²) in [7, 11) is 1.78. The molecule has 0 bridgehead atoms. The van der Waals surface area contributed by atoms with Crippen molar-refractivity contribution in [2.45, 2.75) is 64.6 Å². The maximum absolute atomic E-state index is 12.2. The van der Waals surface area contributed by atoms with Gasteiger partial charge in [0.05, 0.1) is 6.54 Å². The maximum Gasteiger partial charge on any atom is 0.239 e. The van der Waals surface area contributed by atoms with Gasteiger partial charge in [-0.3, -0.25) is 14.4 Å². The lowest BCUT2D eigenvalue weighted by atomic mass is 9.97. The number of hydrogen-bond donors (Lipinski definition) is 2. The Morgan fingerprint density at radius 1 is 1.00 bits per heavy atom. The quantitative estimate of drug-likeness (QED) is 0.637. The molecule has 0 radical (unpaired) electrons. The molecule has 0 heterocycles. The van der Waals surface area contributed by atoms with Crippen molar-refractivity contribution < 1.29 is 14.4 Å². The Morgan fingerprint density at radius 2 is 1.60 bits per heavy atom. The molecule has 1 aliphatic carbocycles. The number of nitrogens with zero attached hydrogens (tertiary/aromatic N) is 1. The highest BCUT2D eigenvalue weighted by Gasteiger charge is 2.17. The number of nitrogens with one attached hydrogen (secondary N) is 2. The van der Waals surface area contributed by atoms with Crippen LogP contribution in [0.3, 0.4) is 0 Å². The molecule has 25 heavy (non-hydrogen) atoms. The molecule has 0 atom stereocenters. The van der Waals surface area contributed by atoms with Gasteiger partial charge in [-0.2, -0.15) is 0 Å². The van der Waals surface area contributed by atoms with Crippen molar-refractivity contribution in [1.82, 2.24) is 15.5 Å². The average Bonchev–Trinajstić information content (AvgIpc) is 2.72. The van der Waals surface area contributed by atoms with Crippen LogP contribution < -0.4 is 10.6 Å². The minimum Gasteiger partial charge on any atom is -0.355 e. The van der Waals surface area contributed by atoms with Crippen molar-refractivity contribution in [3.63, 3.8) is 0 Å². The third kappa shape index (κ3) is 10.1. The van der Waals surface area contributed by atoms with E-state index in [0.29, 0.717) is 31.9 Å². The van der Waals surface area contributed by atoms with Crippen molar-refractivity contribution in [3.8, 4) is 0 Å². The smallest absolute Gasteiger partial charge is 0.239 e. The van der Waals surface area contributed by atoms with Crippen LogP contribution in [0.25, 0.3) is 0 Å². The predicted octanol–water partition coefficient (Wildman–Crippen LogP) is 0.869. The summed E-state index contributed by atoms with van der Waals surface area (Å²) in [6, 6.07) is 0. The highest BCUT2D eigenvalue weighted by molar-refractivity contribution is 6.19. The molecule has 0 unspecified atom stereocenters.